The molecule has 0 spiro atoms. The Morgan fingerprint density at radius 2 is 1.81 bits per heavy atom. The Balaban J connectivity index is 0.00000338. The number of hydrogen-bond acceptors (Lipinski definition) is 4. The lowest BCUT2D eigenvalue weighted by Gasteiger charge is -2.33. The molecule has 0 saturated carbocycles. The second kappa shape index (κ2) is 12.8. The summed E-state index contributed by atoms with van der Waals surface area (Å²) in [5, 5.41) is 3.49. The molecule has 2 fully saturated rings. The molecule has 0 aromatic heterocycles. The lowest BCUT2D eigenvalue weighted by Crippen LogP contribution is -2.47. The highest BCUT2D eigenvalue weighted by Gasteiger charge is 2.27. The predicted molar refractivity (Wildman–Crippen MR) is 117 cm³/mol. The van der Waals surface area contributed by atoms with Crippen LogP contribution in [-0.2, 0) is 9.53 Å². The van der Waals surface area contributed by atoms with Crippen molar-refractivity contribution in [3.05, 3.63) is 0 Å². The molecule has 2 heterocycles. The van der Waals surface area contributed by atoms with Crippen molar-refractivity contribution < 1.29 is 9.53 Å². The van der Waals surface area contributed by atoms with Crippen molar-refractivity contribution in [3.8, 4) is 0 Å². The maximum Gasteiger partial charge on any atom is 0.309 e. The van der Waals surface area contributed by atoms with Crippen LogP contribution in [0, 0.1) is 11.8 Å². The molecular weight excluding hydrogens is 443 g/mol. The Kier molecular flexibility index (Phi) is 11.5. The van der Waals surface area contributed by atoms with Gasteiger partial charge in [-0.2, -0.15) is 0 Å². The van der Waals surface area contributed by atoms with Gasteiger partial charge in [0, 0.05) is 26.7 Å². The van der Waals surface area contributed by atoms with Crippen molar-refractivity contribution in [1.29, 1.82) is 0 Å². The lowest BCUT2D eigenvalue weighted by molar-refractivity contribution is -0.149. The first-order valence-corrected chi connectivity index (χ1v) is 9.98. The van der Waals surface area contributed by atoms with Crippen LogP contribution in [0.3, 0.4) is 0 Å². The molecule has 2 aliphatic heterocycles. The summed E-state index contributed by atoms with van der Waals surface area (Å²) in [5.74, 6) is 1.87. The number of nitrogens with one attached hydrogen (secondary N) is 1. The van der Waals surface area contributed by atoms with E-state index >= 15 is 0 Å². The van der Waals surface area contributed by atoms with Crippen LogP contribution in [0.25, 0.3) is 0 Å². The number of aliphatic imine (C=N–C) groups is 1. The molecule has 6 nitrogen and oxygen atoms in total. The Labute approximate surface area is 176 Å². The van der Waals surface area contributed by atoms with E-state index in [1.807, 2.05) is 14.0 Å². The van der Waals surface area contributed by atoms with Crippen molar-refractivity contribution in [3.63, 3.8) is 0 Å². The number of ether oxygens (including phenoxy) is 1. The zero-order chi connectivity index (χ0) is 18.1. The van der Waals surface area contributed by atoms with Gasteiger partial charge in [-0.15, -0.1) is 24.0 Å². The zero-order valence-electron chi connectivity index (χ0n) is 16.7. The number of nitrogens with zero attached hydrogens (tertiary/aromatic N) is 3. The molecule has 2 aliphatic rings. The number of halogens is 1. The fraction of sp³-hybridized carbons (Fsp3) is 0.895. The number of hydrogen-bond donors (Lipinski definition) is 1. The van der Waals surface area contributed by atoms with Gasteiger partial charge in [-0.25, -0.2) is 0 Å². The fourth-order valence-corrected chi connectivity index (χ4v) is 3.71. The number of carbonyl (C=O) groups is 1. The van der Waals surface area contributed by atoms with Gasteiger partial charge in [0.2, 0.25) is 0 Å². The highest BCUT2D eigenvalue weighted by Crippen LogP contribution is 2.19. The number of carbonyl (C=O) groups excluding carboxylic acids is 1. The molecule has 0 aromatic carbocycles. The van der Waals surface area contributed by atoms with E-state index in [1.165, 1.54) is 32.5 Å². The van der Waals surface area contributed by atoms with Gasteiger partial charge in [0.25, 0.3) is 0 Å². The Morgan fingerprint density at radius 3 is 2.38 bits per heavy atom. The minimum atomic E-state index is -0.0408. The summed E-state index contributed by atoms with van der Waals surface area (Å²) in [7, 11) is 1.84. The van der Waals surface area contributed by atoms with Gasteiger partial charge in [-0.05, 0) is 64.6 Å². The van der Waals surface area contributed by atoms with Gasteiger partial charge in [-0.3, -0.25) is 9.79 Å². The third-order valence-corrected chi connectivity index (χ3v) is 5.44. The van der Waals surface area contributed by atoms with Crippen LogP contribution in [0.15, 0.2) is 4.99 Å². The van der Waals surface area contributed by atoms with Crippen molar-refractivity contribution in [2.24, 2.45) is 16.8 Å². The molecule has 2 saturated heterocycles. The predicted octanol–water partition coefficient (Wildman–Crippen LogP) is 2.58. The molecule has 0 unspecified atom stereocenters. The first-order valence-electron chi connectivity index (χ1n) is 9.98. The third kappa shape index (κ3) is 7.58. The smallest absolute Gasteiger partial charge is 0.309 e. The molecule has 0 atom stereocenters. The quantitative estimate of drug-likeness (QED) is 0.208. The Bertz CT molecular complexity index is 431. The second-order valence-electron chi connectivity index (χ2n) is 7.37. The lowest BCUT2D eigenvalue weighted by atomic mass is 9.97. The third-order valence-electron chi connectivity index (χ3n) is 5.44. The van der Waals surface area contributed by atoms with Gasteiger partial charge < -0.3 is 19.9 Å². The van der Waals surface area contributed by atoms with E-state index in [1.54, 1.807) is 0 Å². The summed E-state index contributed by atoms with van der Waals surface area (Å²) < 4.78 is 5.14. The summed E-state index contributed by atoms with van der Waals surface area (Å²) in [5.41, 5.74) is 0. The van der Waals surface area contributed by atoms with Crippen LogP contribution < -0.4 is 5.32 Å². The molecule has 7 heteroatoms. The van der Waals surface area contributed by atoms with Crippen molar-refractivity contribution in [2.75, 3.05) is 52.9 Å². The first-order chi connectivity index (χ1) is 12.1. The summed E-state index contributed by atoms with van der Waals surface area (Å²) in [4.78, 5) is 21.1. The fourth-order valence-electron chi connectivity index (χ4n) is 3.71. The van der Waals surface area contributed by atoms with E-state index in [-0.39, 0.29) is 35.9 Å². The number of guanidine groups is 1. The van der Waals surface area contributed by atoms with Gasteiger partial charge in [0.15, 0.2) is 5.96 Å². The van der Waals surface area contributed by atoms with Crippen LogP contribution in [0.1, 0.15) is 46.0 Å². The SMILES string of the molecule is CCOC(=O)C1CCN(C(=NC)NCCCN2CCC(C)CC2)CC1.I. The van der Waals surface area contributed by atoms with Crippen molar-refractivity contribution in [1.82, 2.24) is 15.1 Å². The first kappa shape index (κ1) is 23.5. The molecular formula is C19H37IN4O2. The summed E-state index contributed by atoms with van der Waals surface area (Å²) in [6.45, 7) is 11.0. The molecule has 26 heavy (non-hydrogen) atoms. The average molecular weight is 480 g/mol. The van der Waals surface area contributed by atoms with Gasteiger partial charge in [0.05, 0.1) is 12.5 Å². The summed E-state index contributed by atoms with van der Waals surface area (Å²) in [6, 6.07) is 0. The molecule has 0 aromatic rings. The van der Waals surface area contributed by atoms with Crippen LogP contribution in [0.5, 0.6) is 0 Å². The van der Waals surface area contributed by atoms with Crippen LogP contribution >= 0.6 is 24.0 Å². The van der Waals surface area contributed by atoms with Crippen molar-refractivity contribution >= 4 is 35.9 Å². The topological polar surface area (TPSA) is 57.2 Å². The number of piperidine rings is 2. The molecule has 0 radical (unpaired) electrons. The van der Waals surface area contributed by atoms with E-state index < -0.39 is 0 Å². The number of esters is 1. The van der Waals surface area contributed by atoms with Crippen LogP contribution in [0.4, 0.5) is 0 Å². The highest BCUT2D eigenvalue weighted by molar-refractivity contribution is 14.0. The highest BCUT2D eigenvalue weighted by atomic mass is 127. The summed E-state index contributed by atoms with van der Waals surface area (Å²) in [6.07, 6.45) is 5.53. The van der Waals surface area contributed by atoms with E-state index in [9.17, 15) is 4.79 Å². The molecule has 0 aliphatic carbocycles. The van der Waals surface area contributed by atoms with Gasteiger partial charge >= 0.3 is 5.97 Å². The maximum absolute atomic E-state index is 11.8. The van der Waals surface area contributed by atoms with E-state index in [0.29, 0.717) is 6.61 Å². The van der Waals surface area contributed by atoms with E-state index in [4.69, 9.17) is 4.74 Å². The van der Waals surface area contributed by atoms with E-state index in [2.05, 4.69) is 27.0 Å². The minimum Gasteiger partial charge on any atom is -0.466 e. The Morgan fingerprint density at radius 1 is 1.15 bits per heavy atom. The van der Waals surface area contributed by atoms with Gasteiger partial charge in [0.1, 0.15) is 0 Å². The second-order valence-corrected chi connectivity index (χ2v) is 7.37. The number of likely N-dealkylation sites (tertiary alicyclic amines) is 2. The van der Waals surface area contributed by atoms with E-state index in [0.717, 1.165) is 50.8 Å². The Hall–Kier alpha value is -0.570. The largest absolute Gasteiger partial charge is 0.466 e. The van der Waals surface area contributed by atoms with Gasteiger partial charge in [-0.1, -0.05) is 6.92 Å². The maximum atomic E-state index is 11.8. The normalized spacial score (nSPS) is 20.6. The molecule has 2 rings (SSSR count). The molecule has 0 amide bonds. The standard InChI is InChI=1S/C19H36N4O2.HI/c1-4-25-18(24)17-8-14-23(15-9-17)19(20-3)21-10-5-11-22-12-6-16(2)7-13-22;/h16-17H,4-15H2,1-3H3,(H,20,21);1H. The van der Waals surface area contributed by atoms with Crippen molar-refractivity contribution in [2.45, 2.75) is 46.0 Å². The zero-order valence-corrected chi connectivity index (χ0v) is 19.0. The average Bonchev–Trinajstić information content (AvgIpc) is 2.64. The number of rotatable bonds is 6. The monoisotopic (exact) mass is 480 g/mol. The summed E-state index contributed by atoms with van der Waals surface area (Å²) >= 11 is 0. The molecule has 1 N–H and O–H groups in total. The van der Waals surface area contributed by atoms with Crippen LogP contribution in [0.2, 0.25) is 0 Å². The minimum absolute atomic E-state index is 0. The molecule has 0 bridgehead atoms. The molecule has 152 valence electrons. The van der Waals surface area contributed by atoms with Crippen LogP contribution in [-0.4, -0.2) is 74.7 Å².